The van der Waals surface area contributed by atoms with Crippen molar-refractivity contribution in [3.8, 4) is 0 Å². The van der Waals surface area contributed by atoms with Crippen LogP contribution in [0.25, 0.3) is 0 Å². The van der Waals surface area contributed by atoms with Crippen molar-refractivity contribution in [2.45, 2.75) is 18.9 Å². The normalized spacial score (nSPS) is 12.6. The van der Waals surface area contributed by atoms with E-state index in [4.69, 9.17) is 28.9 Å². The van der Waals surface area contributed by atoms with Gasteiger partial charge < -0.3 is 5.73 Å². The summed E-state index contributed by atoms with van der Waals surface area (Å²) in [6.07, 6.45) is 1.71. The third-order valence-corrected chi connectivity index (χ3v) is 4.16. The Balaban J connectivity index is 1.98. The molecule has 0 saturated carbocycles. The second-order valence-corrected chi connectivity index (χ2v) is 5.84. The lowest BCUT2D eigenvalue weighted by molar-refractivity contribution is 0.671. The third kappa shape index (κ3) is 3.71. The molecule has 1 aromatic heterocycles. The molecule has 0 fully saturated rings. The Kier molecular flexibility index (Phi) is 4.46. The number of thiophene rings is 1. The van der Waals surface area contributed by atoms with Gasteiger partial charge in [-0.25, -0.2) is 0 Å². The summed E-state index contributed by atoms with van der Waals surface area (Å²) in [5, 5.41) is 3.25. The third-order valence-electron chi connectivity index (χ3n) is 2.53. The molecule has 0 spiro atoms. The highest BCUT2D eigenvalue weighted by Gasteiger charge is 2.07. The summed E-state index contributed by atoms with van der Waals surface area (Å²) in [4.78, 5) is 1.32. The van der Waals surface area contributed by atoms with Crippen molar-refractivity contribution < 1.29 is 0 Å². The average Bonchev–Trinajstić information content (AvgIpc) is 2.76. The minimum atomic E-state index is 0.117. The molecule has 2 N–H and O–H groups in total. The highest BCUT2D eigenvalue weighted by molar-refractivity contribution is 7.09. The predicted molar refractivity (Wildman–Crippen MR) is 76.2 cm³/mol. The van der Waals surface area contributed by atoms with E-state index in [1.807, 2.05) is 24.3 Å². The van der Waals surface area contributed by atoms with Gasteiger partial charge >= 0.3 is 0 Å². The van der Waals surface area contributed by atoms with Crippen molar-refractivity contribution in [1.29, 1.82) is 0 Å². The van der Waals surface area contributed by atoms with Gasteiger partial charge in [0.1, 0.15) is 0 Å². The van der Waals surface area contributed by atoms with Crippen LogP contribution >= 0.6 is 34.5 Å². The second-order valence-electron chi connectivity index (χ2n) is 4.00. The molecule has 0 aliphatic rings. The van der Waals surface area contributed by atoms with Crippen LogP contribution in [-0.2, 0) is 12.8 Å². The van der Waals surface area contributed by atoms with Crippen molar-refractivity contribution in [3.63, 3.8) is 0 Å². The standard InChI is InChI=1S/C13H13Cl2NS/c14-12-4-3-9(7-13(12)15)6-10(16)8-11-2-1-5-17-11/h1-5,7,10H,6,8,16H2. The van der Waals surface area contributed by atoms with E-state index >= 15 is 0 Å². The maximum absolute atomic E-state index is 6.12. The van der Waals surface area contributed by atoms with Crippen LogP contribution in [0.1, 0.15) is 10.4 Å². The molecular formula is C13H13Cl2NS. The number of rotatable bonds is 4. The molecule has 0 aliphatic heterocycles. The van der Waals surface area contributed by atoms with Crippen LogP contribution in [0, 0.1) is 0 Å². The summed E-state index contributed by atoms with van der Waals surface area (Å²) >= 11 is 13.6. The maximum Gasteiger partial charge on any atom is 0.0595 e. The van der Waals surface area contributed by atoms with Gasteiger partial charge in [-0.15, -0.1) is 11.3 Å². The second kappa shape index (κ2) is 5.87. The number of hydrogen-bond donors (Lipinski definition) is 1. The van der Waals surface area contributed by atoms with Gasteiger partial charge in [0.25, 0.3) is 0 Å². The highest BCUT2D eigenvalue weighted by Crippen LogP contribution is 2.23. The van der Waals surface area contributed by atoms with Crippen LogP contribution in [-0.4, -0.2) is 6.04 Å². The Morgan fingerprint density at radius 1 is 1.12 bits per heavy atom. The predicted octanol–water partition coefficient (Wildman–Crippen LogP) is 4.17. The molecule has 1 aromatic carbocycles. The molecule has 17 heavy (non-hydrogen) atoms. The number of hydrogen-bond acceptors (Lipinski definition) is 2. The van der Waals surface area contributed by atoms with Crippen LogP contribution in [0.2, 0.25) is 10.0 Å². The van der Waals surface area contributed by atoms with Gasteiger partial charge in [-0.05, 0) is 42.0 Å². The lowest BCUT2D eigenvalue weighted by Gasteiger charge is -2.11. The summed E-state index contributed by atoms with van der Waals surface area (Å²) in [6, 6.07) is 9.95. The summed E-state index contributed by atoms with van der Waals surface area (Å²) in [6.45, 7) is 0. The van der Waals surface area contributed by atoms with Crippen molar-refractivity contribution in [2.75, 3.05) is 0 Å². The van der Waals surface area contributed by atoms with Gasteiger partial charge in [-0.1, -0.05) is 35.3 Å². The Morgan fingerprint density at radius 3 is 2.59 bits per heavy atom. The smallest absolute Gasteiger partial charge is 0.0595 e. The molecule has 0 aliphatic carbocycles. The fourth-order valence-electron chi connectivity index (χ4n) is 1.73. The Hall–Kier alpha value is -0.540. The molecule has 4 heteroatoms. The Morgan fingerprint density at radius 2 is 1.94 bits per heavy atom. The zero-order chi connectivity index (χ0) is 12.3. The van der Waals surface area contributed by atoms with Crippen LogP contribution in [0.3, 0.4) is 0 Å². The first-order chi connectivity index (χ1) is 8.15. The molecule has 2 rings (SSSR count). The van der Waals surface area contributed by atoms with E-state index in [1.54, 1.807) is 11.3 Å². The van der Waals surface area contributed by atoms with E-state index in [9.17, 15) is 0 Å². The molecule has 1 heterocycles. The van der Waals surface area contributed by atoms with Crippen LogP contribution in [0.4, 0.5) is 0 Å². The van der Waals surface area contributed by atoms with E-state index in [1.165, 1.54) is 4.88 Å². The molecule has 2 aromatic rings. The fourth-order valence-corrected chi connectivity index (χ4v) is 2.85. The SMILES string of the molecule is NC(Cc1ccc(Cl)c(Cl)c1)Cc1cccs1. The molecule has 0 amide bonds. The van der Waals surface area contributed by atoms with E-state index in [0.717, 1.165) is 18.4 Å². The molecule has 0 saturated heterocycles. The molecular weight excluding hydrogens is 273 g/mol. The quantitative estimate of drug-likeness (QED) is 0.897. The Labute approximate surface area is 115 Å². The van der Waals surface area contributed by atoms with Gasteiger partial charge in [0.05, 0.1) is 10.0 Å². The molecule has 1 atom stereocenters. The first-order valence-electron chi connectivity index (χ1n) is 5.37. The van der Waals surface area contributed by atoms with E-state index in [2.05, 4.69) is 11.4 Å². The highest BCUT2D eigenvalue weighted by atomic mass is 35.5. The maximum atomic E-state index is 6.12. The lowest BCUT2D eigenvalue weighted by Crippen LogP contribution is -2.25. The molecule has 1 unspecified atom stereocenters. The minimum Gasteiger partial charge on any atom is -0.327 e. The van der Waals surface area contributed by atoms with Gasteiger partial charge in [-0.3, -0.25) is 0 Å². The van der Waals surface area contributed by atoms with Gasteiger partial charge in [0.2, 0.25) is 0 Å². The van der Waals surface area contributed by atoms with E-state index in [-0.39, 0.29) is 6.04 Å². The molecule has 1 nitrogen and oxygen atoms in total. The first-order valence-corrected chi connectivity index (χ1v) is 7.00. The van der Waals surface area contributed by atoms with Gasteiger partial charge in [0, 0.05) is 10.9 Å². The largest absolute Gasteiger partial charge is 0.327 e. The van der Waals surface area contributed by atoms with Crippen molar-refractivity contribution in [3.05, 3.63) is 56.2 Å². The van der Waals surface area contributed by atoms with Crippen molar-refractivity contribution in [2.24, 2.45) is 5.73 Å². The van der Waals surface area contributed by atoms with E-state index in [0.29, 0.717) is 10.0 Å². The number of nitrogens with two attached hydrogens (primary N) is 1. The average molecular weight is 286 g/mol. The number of halogens is 2. The summed E-state index contributed by atoms with van der Waals surface area (Å²) in [5.41, 5.74) is 7.24. The fraction of sp³-hybridized carbons (Fsp3) is 0.231. The Bertz CT molecular complexity index is 482. The topological polar surface area (TPSA) is 26.0 Å². The van der Waals surface area contributed by atoms with Crippen molar-refractivity contribution >= 4 is 34.5 Å². The van der Waals surface area contributed by atoms with Crippen LogP contribution < -0.4 is 5.73 Å². The van der Waals surface area contributed by atoms with Gasteiger partial charge in [0.15, 0.2) is 0 Å². The zero-order valence-corrected chi connectivity index (χ0v) is 11.5. The van der Waals surface area contributed by atoms with Gasteiger partial charge in [-0.2, -0.15) is 0 Å². The van der Waals surface area contributed by atoms with Crippen LogP contribution in [0.5, 0.6) is 0 Å². The number of benzene rings is 1. The lowest BCUT2D eigenvalue weighted by atomic mass is 10.0. The molecule has 0 bridgehead atoms. The first kappa shape index (κ1) is 12.9. The summed E-state index contributed by atoms with van der Waals surface area (Å²) < 4.78 is 0. The van der Waals surface area contributed by atoms with Crippen LogP contribution in [0.15, 0.2) is 35.7 Å². The van der Waals surface area contributed by atoms with E-state index < -0.39 is 0 Å². The van der Waals surface area contributed by atoms with Crippen molar-refractivity contribution in [1.82, 2.24) is 0 Å². The minimum absolute atomic E-state index is 0.117. The summed E-state index contributed by atoms with van der Waals surface area (Å²) in [5.74, 6) is 0. The zero-order valence-electron chi connectivity index (χ0n) is 9.20. The monoisotopic (exact) mass is 285 g/mol. The molecule has 0 radical (unpaired) electrons. The molecule has 90 valence electrons. The summed E-state index contributed by atoms with van der Waals surface area (Å²) in [7, 11) is 0.